The molecule has 0 unspecified atom stereocenters. The number of carbonyl (C=O) groups is 1. The van der Waals surface area contributed by atoms with Crippen LogP contribution in [0.4, 0.5) is 4.79 Å². The standard InChI is InChI=1S/C33H47N3O9S/c1-33(2,13-6-7-14-34)22-36(46(39,40)24-10-11-28-29(19-24)42-17-16-41-28)20-27(37)26(18-23-8-4-3-5-9-23)35-32(38)45-30-21-44-31-25(30)12-15-43-31/h3-5,8-11,19,25-27,30-31,37H,6-7,12-18,20-22,34H2,1-2H3,(H,35,38)/t25-,26-,27+,30-,31+/m0/s1. The fraction of sp³-hybridized carbons (Fsp3) is 0.606. The first-order chi connectivity index (χ1) is 22.1. The van der Waals surface area contributed by atoms with Crippen LogP contribution in [0.1, 0.15) is 45.1 Å². The van der Waals surface area contributed by atoms with Crippen LogP contribution < -0.4 is 20.5 Å². The molecule has 0 saturated carbocycles. The van der Waals surface area contributed by atoms with Crippen LogP contribution in [-0.2, 0) is 30.7 Å². The van der Waals surface area contributed by atoms with Gasteiger partial charge >= 0.3 is 6.09 Å². The minimum atomic E-state index is -4.12. The number of alkyl carbamates (subject to hydrolysis) is 1. The Morgan fingerprint density at radius 3 is 2.61 bits per heavy atom. The largest absolute Gasteiger partial charge is 0.486 e. The van der Waals surface area contributed by atoms with Gasteiger partial charge in [0.2, 0.25) is 10.0 Å². The van der Waals surface area contributed by atoms with Crippen LogP contribution >= 0.6 is 0 Å². The number of ether oxygens (including phenoxy) is 5. The summed E-state index contributed by atoms with van der Waals surface area (Å²) in [7, 11) is -4.12. The first-order valence-electron chi connectivity index (χ1n) is 16.1. The molecule has 0 aliphatic carbocycles. The number of aliphatic hydroxyl groups is 1. The van der Waals surface area contributed by atoms with Crippen LogP contribution in [0.3, 0.4) is 0 Å². The van der Waals surface area contributed by atoms with Gasteiger partial charge in [0.15, 0.2) is 17.8 Å². The van der Waals surface area contributed by atoms with Gasteiger partial charge < -0.3 is 39.8 Å². The number of benzene rings is 2. The molecule has 4 N–H and O–H groups in total. The lowest BCUT2D eigenvalue weighted by molar-refractivity contribution is -0.0907. The zero-order valence-corrected chi connectivity index (χ0v) is 27.5. The first-order valence-corrected chi connectivity index (χ1v) is 17.5. The molecule has 2 fully saturated rings. The molecule has 13 heteroatoms. The summed E-state index contributed by atoms with van der Waals surface area (Å²) in [4.78, 5) is 13.2. The summed E-state index contributed by atoms with van der Waals surface area (Å²) in [5.41, 5.74) is 6.15. The fourth-order valence-corrected chi connectivity index (χ4v) is 7.91. The van der Waals surface area contributed by atoms with Crippen LogP contribution in [0.25, 0.3) is 0 Å². The molecule has 2 aromatic carbocycles. The van der Waals surface area contributed by atoms with Gasteiger partial charge in [-0.2, -0.15) is 4.31 Å². The average Bonchev–Trinajstić information content (AvgIpc) is 3.66. The van der Waals surface area contributed by atoms with E-state index < -0.39 is 39.8 Å². The summed E-state index contributed by atoms with van der Waals surface area (Å²) in [6, 6.07) is 13.1. The highest BCUT2D eigenvalue weighted by Crippen LogP contribution is 2.35. The van der Waals surface area contributed by atoms with Crippen molar-refractivity contribution in [2.75, 3.05) is 46.1 Å². The molecule has 5 rings (SSSR count). The predicted octanol–water partition coefficient (Wildman–Crippen LogP) is 3.06. The van der Waals surface area contributed by atoms with Crippen molar-refractivity contribution >= 4 is 16.1 Å². The number of nitrogens with one attached hydrogen (secondary N) is 1. The summed E-state index contributed by atoms with van der Waals surface area (Å²) < 4.78 is 58.0. The molecule has 1 amide bonds. The van der Waals surface area contributed by atoms with E-state index in [1.54, 1.807) is 6.07 Å². The van der Waals surface area contributed by atoms with Gasteiger partial charge in [-0.3, -0.25) is 0 Å². The van der Waals surface area contributed by atoms with Gasteiger partial charge in [-0.15, -0.1) is 0 Å². The predicted molar refractivity (Wildman–Crippen MR) is 170 cm³/mol. The molecule has 2 aromatic rings. The average molecular weight is 662 g/mol. The molecule has 254 valence electrons. The molecular weight excluding hydrogens is 614 g/mol. The van der Waals surface area contributed by atoms with E-state index in [0.717, 1.165) is 31.2 Å². The molecule has 3 aliphatic heterocycles. The number of hydrogen-bond acceptors (Lipinski definition) is 10. The number of amides is 1. The molecule has 5 atom stereocenters. The Kier molecular flexibility index (Phi) is 11.4. The van der Waals surface area contributed by atoms with Gasteiger partial charge in [-0.1, -0.05) is 50.6 Å². The summed E-state index contributed by atoms with van der Waals surface area (Å²) in [5.74, 6) is 0.788. The molecule has 3 aliphatic rings. The minimum Gasteiger partial charge on any atom is -0.486 e. The van der Waals surface area contributed by atoms with E-state index in [0.29, 0.717) is 37.9 Å². The lowest BCUT2D eigenvalue weighted by Gasteiger charge is -2.35. The van der Waals surface area contributed by atoms with Crippen LogP contribution in [0.15, 0.2) is 53.4 Å². The van der Waals surface area contributed by atoms with E-state index in [1.807, 2.05) is 44.2 Å². The van der Waals surface area contributed by atoms with E-state index >= 15 is 0 Å². The summed E-state index contributed by atoms with van der Waals surface area (Å²) in [5, 5.41) is 14.6. The third-order valence-corrected chi connectivity index (χ3v) is 10.6. The Balaban J connectivity index is 1.38. The number of sulfonamides is 1. The van der Waals surface area contributed by atoms with Gasteiger partial charge in [-0.05, 0) is 55.3 Å². The van der Waals surface area contributed by atoms with Crippen molar-refractivity contribution in [3.63, 3.8) is 0 Å². The Bertz CT molecular complexity index is 1410. The highest BCUT2D eigenvalue weighted by Gasteiger charge is 2.44. The van der Waals surface area contributed by atoms with Gasteiger partial charge in [0, 0.05) is 19.2 Å². The third-order valence-electron chi connectivity index (χ3n) is 8.76. The SMILES string of the molecule is CC(C)(CCCCN)CN(C[C@@H](O)[C@H](Cc1ccccc1)NC(=O)O[C@H]1CO[C@H]2OCC[C@H]21)S(=O)(=O)c1ccc2c(c1)OCCO2. The smallest absolute Gasteiger partial charge is 0.407 e. The maximum Gasteiger partial charge on any atom is 0.407 e. The van der Waals surface area contributed by atoms with Crippen molar-refractivity contribution in [3.05, 3.63) is 54.1 Å². The summed E-state index contributed by atoms with van der Waals surface area (Å²) in [6.45, 7) is 5.91. The minimum absolute atomic E-state index is 0.0308. The number of hydrogen-bond donors (Lipinski definition) is 3. The molecular formula is C33H47N3O9S. The van der Waals surface area contributed by atoms with Gasteiger partial charge in [0.25, 0.3) is 0 Å². The second-order valence-electron chi connectivity index (χ2n) is 13.0. The number of unbranched alkanes of at least 4 members (excludes halogenated alkanes) is 1. The number of nitrogens with zero attached hydrogens (tertiary/aromatic N) is 1. The Labute approximate surface area is 271 Å². The lowest BCUT2D eigenvalue weighted by atomic mass is 9.87. The Hall–Kier alpha value is -2.94. The maximum absolute atomic E-state index is 14.3. The molecule has 0 radical (unpaired) electrons. The second kappa shape index (κ2) is 15.3. The molecule has 2 saturated heterocycles. The van der Waals surface area contributed by atoms with Gasteiger partial charge in [-0.25, -0.2) is 13.2 Å². The Morgan fingerprint density at radius 1 is 1.09 bits per heavy atom. The monoisotopic (exact) mass is 661 g/mol. The summed E-state index contributed by atoms with van der Waals surface area (Å²) >= 11 is 0. The fourth-order valence-electron chi connectivity index (χ4n) is 6.24. The number of nitrogens with two attached hydrogens (primary N) is 1. The zero-order chi connectivity index (χ0) is 32.7. The number of carbonyl (C=O) groups excluding carboxylic acids is 1. The normalized spacial score (nSPS) is 22.3. The van der Waals surface area contributed by atoms with Gasteiger partial charge in [0.05, 0.1) is 36.2 Å². The van der Waals surface area contributed by atoms with Crippen molar-refractivity contribution < 1.29 is 42.0 Å². The molecule has 3 heterocycles. The number of aliphatic hydroxyl groups excluding tert-OH is 1. The molecule has 0 spiro atoms. The van der Waals surface area contributed by atoms with E-state index in [4.69, 9.17) is 29.4 Å². The molecule has 0 aromatic heterocycles. The molecule has 12 nitrogen and oxygen atoms in total. The van der Waals surface area contributed by atoms with E-state index in [-0.39, 0.29) is 43.2 Å². The van der Waals surface area contributed by atoms with Crippen LogP contribution in [0, 0.1) is 11.3 Å². The summed E-state index contributed by atoms with van der Waals surface area (Å²) in [6.07, 6.45) is 0.557. The zero-order valence-electron chi connectivity index (χ0n) is 26.6. The molecule has 46 heavy (non-hydrogen) atoms. The van der Waals surface area contributed by atoms with E-state index in [9.17, 15) is 18.3 Å². The highest BCUT2D eigenvalue weighted by molar-refractivity contribution is 7.89. The lowest BCUT2D eigenvalue weighted by Crippen LogP contribution is -2.52. The van der Waals surface area contributed by atoms with Crippen molar-refractivity contribution in [2.45, 2.75) is 75.4 Å². The van der Waals surface area contributed by atoms with Crippen LogP contribution in [-0.4, -0.2) is 94.5 Å². The molecule has 0 bridgehead atoms. The Morgan fingerprint density at radius 2 is 1.85 bits per heavy atom. The topological polar surface area (TPSA) is 159 Å². The van der Waals surface area contributed by atoms with E-state index in [1.165, 1.54) is 16.4 Å². The van der Waals surface area contributed by atoms with E-state index in [2.05, 4.69) is 5.32 Å². The van der Waals surface area contributed by atoms with Gasteiger partial charge in [0.1, 0.15) is 19.3 Å². The van der Waals surface area contributed by atoms with Crippen molar-refractivity contribution in [1.29, 1.82) is 0 Å². The van der Waals surface area contributed by atoms with Crippen LogP contribution in [0.5, 0.6) is 11.5 Å². The van der Waals surface area contributed by atoms with Crippen molar-refractivity contribution in [1.82, 2.24) is 9.62 Å². The van der Waals surface area contributed by atoms with Crippen molar-refractivity contribution in [3.8, 4) is 11.5 Å². The second-order valence-corrected chi connectivity index (χ2v) is 14.9. The van der Waals surface area contributed by atoms with Crippen molar-refractivity contribution in [2.24, 2.45) is 17.1 Å². The third kappa shape index (κ3) is 8.69. The maximum atomic E-state index is 14.3. The van der Waals surface area contributed by atoms with Crippen LogP contribution in [0.2, 0.25) is 0 Å². The quantitative estimate of drug-likeness (QED) is 0.242. The first kappa shape index (κ1) is 34.4. The highest BCUT2D eigenvalue weighted by atomic mass is 32.2. The number of fused-ring (bicyclic) bond motifs is 2. The number of rotatable bonds is 15.